The molecule has 2 atom stereocenters. The summed E-state index contributed by atoms with van der Waals surface area (Å²) in [6.45, 7) is 10.0. The van der Waals surface area contributed by atoms with E-state index in [1.165, 1.54) is 16.4 Å². The monoisotopic (exact) mass is 969 g/mol. The summed E-state index contributed by atoms with van der Waals surface area (Å²) < 4.78 is 10.2. The number of imide groups is 1. The van der Waals surface area contributed by atoms with Crippen LogP contribution in [0.25, 0.3) is 38.8 Å². The molecule has 3 aromatic carbocycles. The molecule has 0 saturated carbocycles. The van der Waals surface area contributed by atoms with Crippen LogP contribution in [0.3, 0.4) is 0 Å². The molecule has 7 aromatic rings. The number of carbonyl (C=O) groups excluding carboxylic acids is 3. The minimum absolute atomic E-state index is 0.142. The summed E-state index contributed by atoms with van der Waals surface area (Å²) in [7, 11) is 5.06. The SMILES string of the molecule is CCc1c(-c2ccc(-n3c(OC)nn(C)c3=O)cc2-c2ccc(N3CCN(C4CCN(c5cccc6c(C7CCC(=O)NC7=O)nn(C)c56)CC4)[C@H](C)C3)cc2)ccnc1N1CCN(c2cccnc2)C1=O. The van der Waals surface area contributed by atoms with E-state index in [4.69, 9.17) is 14.8 Å². The van der Waals surface area contributed by atoms with Crippen molar-refractivity contribution in [1.82, 2.24) is 44.3 Å². The summed E-state index contributed by atoms with van der Waals surface area (Å²) in [6.07, 6.45) is 8.69. The molecule has 4 aliphatic rings. The van der Waals surface area contributed by atoms with Gasteiger partial charge in [-0.25, -0.2) is 23.8 Å². The number of urea groups is 1. The molecule has 4 aliphatic heterocycles. The molecule has 4 aromatic heterocycles. The third kappa shape index (κ3) is 8.22. The molecule has 0 radical (unpaired) electrons. The van der Waals surface area contributed by atoms with Gasteiger partial charge in [0.1, 0.15) is 5.82 Å². The van der Waals surface area contributed by atoms with Gasteiger partial charge >= 0.3 is 17.7 Å². The molecular formula is C54H59N13O5. The van der Waals surface area contributed by atoms with Gasteiger partial charge in [-0.1, -0.05) is 37.3 Å². The summed E-state index contributed by atoms with van der Waals surface area (Å²) in [5.41, 5.74) is 9.82. The second kappa shape index (κ2) is 19.0. The zero-order chi connectivity index (χ0) is 49.8. The molecule has 0 bridgehead atoms. The average Bonchev–Trinajstić information content (AvgIpc) is 4.06. The van der Waals surface area contributed by atoms with E-state index in [-0.39, 0.29) is 29.5 Å². The number of fused-ring (bicyclic) bond motifs is 1. The minimum Gasteiger partial charge on any atom is -0.467 e. The molecule has 4 saturated heterocycles. The van der Waals surface area contributed by atoms with Gasteiger partial charge in [0.2, 0.25) is 11.8 Å². The number of anilines is 4. The van der Waals surface area contributed by atoms with Gasteiger partial charge in [0.05, 0.1) is 47.5 Å². The number of methoxy groups -OCH3 is 1. The Labute approximate surface area is 417 Å². The van der Waals surface area contributed by atoms with Crippen LogP contribution in [-0.2, 0) is 30.1 Å². The van der Waals surface area contributed by atoms with Crippen LogP contribution < -0.4 is 35.3 Å². The van der Waals surface area contributed by atoms with Crippen molar-refractivity contribution in [3.05, 3.63) is 119 Å². The molecule has 11 rings (SSSR count). The smallest absolute Gasteiger partial charge is 0.353 e. The van der Waals surface area contributed by atoms with Crippen molar-refractivity contribution in [3.8, 4) is 34.0 Å². The lowest BCUT2D eigenvalue weighted by Gasteiger charge is -2.47. The van der Waals surface area contributed by atoms with Crippen molar-refractivity contribution in [2.75, 3.05) is 72.5 Å². The number of para-hydroxylation sites is 1. The highest BCUT2D eigenvalue weighted by atomic mass is 16.5. The third-order valence-corrected chi connectivity index (χ3v) is 15.2. The predicted octanol–water partition coefficient (Wildman–Crippen LogP) is 6.30. The molecule has 370 valence electrons. The number of piperazine rings is 1. The second-order valence-corrected chi connectivity index (χ2v) is 19.3. The first-order valence-electron chi connectivity index (χ1n) is 25.0. The normalized spacial score (nSPS) is 19.2. The number of rotatable bonds is 11. The van der Waals surface area contributed by atoms with Crippen molar-refractivity contribution < 1.29 is 19.1 Å². The zero-order valence-corrected chi connectivity index (χ0v) is 41.4. The van der Waals surface area contributed by atoms with Gasteiger partial charge < -0.3 is 14.5 Å². The molecule has 0 spiro atoms. The van der Waals surface area contributed by atoms with Gasteiger partial charge in [0.15, 0.2) is 0 Å². The summed E-state index contributed by atoms with van der Waals surface area (Å²) in [5, 5.41) is 12.6. The molecule has 1 unspecified atom stereocenters. The number of nitrogens with one attached hydrogen (secondary N) is 1. The first-order chi connectivity index (χ1) is 35.0. The van der Waals surface area contributed by atoms with Crippen LogP contribution in [0.1, 0.15) is 56.7 Å². The maximum Gasteiger partial charge on any atom is 0.353 e. The molecule has 18 nitrogen and oxygen atoms in total. The Morgan fingerprint density at radius 3 is 2.26 bits per heavy atom. The molecule has 72 heavy (non-hydrogen) atoms. The lowest BCUT2D eigenvalue weighted by molar-refractivity contribution is -0.134. The first-order valence-corrected chi connectivity index (χ1v) is 25.0. The zero-order valence-electron chi connectivity index (χ0n) is 41.4. The maximum absolute atomic E-state index is 14.0. The first kappa shape index (κ1) is 46.5. The van der Waals surface area contributed by atoms with E-state index in [0.29, 0.717) is 55.9 Å². The summed E-state index contributed by atoms with van der Waals surface area (Å²) in [5.74, 6) is -0.295. The summed E-state index contributed by atoms with van der Waals surface area (Å²) in [4.78, 5) is 72.3. The Morgan fingerprint density at radius 2 is 1.53 bits per heavy atom. The van der Waals surface area contributed by atoms with Crippen LogP contribution in [0.15, 0.2) is 102 Å². The molecule has 0 aliphatic carbocycles. The van der Waals surface area contributed by atoms with E-state index in [1.807, 2.05) is 54.2 Å². The highest BCUT2D eigenvalue weighted by Crippen LogP contribution is 2.41. The number of hydrogen-bond acceptors (Lipinski definition) is 12. The van der Waals surface area contributed by atoms with Crippen molar-refractivity contribution in [3.63, 3.8) is 0 Å². The van der Waals surface area contributed by atoms with Crippen LogP contribution in [-0.4, -0.2) is 122 Å². The Kier molecular flexibility index (Phi) is 12.3. The number of pyridine rings is 2. The van der Waals surface area contributed by atoms with Gasteiger partial charge in [-0.15, -0.1) is 5.10 Å². The van der Waals surface area contributed by atoms with E-state index >= 15 is 0 Å². The van der Waals surface area contributed by atoms with E-state index in [9.17, 15) is 19.2 Å². The number of ether oxygens (including phenoxy) is 1. The van der Waals surface area contributed by atoms with Crippen molar-refractivity contribution in [1.29, 1.82) is 0 Å². The van der Waals surface area contributed by atoms with Gasteiger partial charge in [-0.05, 0) is 103 Å². The van der Waals surface area contributed by atoms with Crippen molar-refractivity contribution >= 4 is 51.6 Å². The predicted molar refractivity (Wildman–Crippen MR) is 277 cm³/mol. The van der Waals surface area contributed by atoms with Crippen LogP contribution in [0.5, 0.6) is 6.01 Å². The fourth-order valence-electron chi connectivity index (χ4n) is 11.6. The fourth-order valence-corrected chi connectivity index (χ4v) is 11.6. The topological polar surface area (TPSA) is 172 Å². The number of aryl methyl sites for hydroxylation is 2. The van der Waals surface area contributed by atoms with E-state index < -0.39 is 5.92 Å². The van der Waals surface area contributed by atoms with Crippen LogP contribution >= 0.6 is 0 Å². The number of hydrogen-bond donors (Lipinski definition) is 1. The Bertz CT molecular complexity index is 3270. The molecule has 1 N–H and O–H groups in total. The molecular weight excluding hydrogens is 911 g/mol. The fraction of sp³-hybridized carbons (Fsp3) is 0.370. The third-order valence-electron chi connectivity index (χ3n) is 15.2. The molecule has 4 fully saturated rings. The Morgan fingerprint density at radius 1 is 0.736 bits per heavy atom. The van der Waals surface area contributed by atoms with Gasteiger partial charge in [0.25, 0.3) is 0 Å². The van der Waals surface area contributed by atoms with Gasteiger partial charge in [-0.2, -0.15) is 5.10 Å². The lowest BCUT2D eigenvalue weighted by atomic mass is 9.90. The van der Waals surface area contributed by atoms with Gasteiger partial charge in [0, 0.05) is 107 Å². The second-order valence-electron chi connectivity index (χ2n) is 19.3. The largest absolute Gasteiger partial charge is 0.467 e. The molecule has 8 heterocycles. The van der Waals surface area contributed by atoms with E-state index in [2.05, 4.69) is 80.3 Å². The highest BCUT2D eigenvalue weighted by Gasteiger charge is 2.36. The number of aromatic nitrogens is 7. The summed E-state index contributed by atoms with van der Waals surface area (Å²) >= 11 is 0. The summed E-state index contributed by atoms with van der Waals surface area (Å²) in [6, 6.07) is 27.5. The number of carbonyl (C=O) groups is 3. The molecule has 18 heteroatoms. The number of benzene rings is 3. The lowest BCUT2D eigenvalue weighted by Crippen LogP contribution is -2.57. The van der Waals surface area contributed by atoms with Crippen LogP contribution in [0, 0.1) is 0 Å². The standard InChI is InChI=1S/C54H59N13O5/c1-6-40-42(20-24-56-50(40)66-30-29-65(54(66)71)39-9-8-23-55-32-39)41-17-16-38(67-52(72-5)59-61(4)53(67)70)31-45(41)35-12-14-36(15-13-35)63-27-28-64(34(2)33-63)37-21-25-62(26-22-37)46-11-7-10-43-48(58-60(3)49(43)46)44-18-19-47(68)57-51(44)69/h7-17,20,23-24,31-32,34,37,44H,6,18-19,21-22,25-30,33H2,1-5H3,(H,57,68,69)/t34-,44?/m1/s1. The van der Waals surface area contributed by atoms with E-state index in [1.54, 1.807) is 35.4 Å². The Balaban J connectivity index is 0.823. The number of amides is 4. The average molecular weight is 970 g/mol. The Hall–Kier alpha value is -7.86. The van der Waals surface area contributed by atoms with Crippen LogP contribution in [0.4, 0.5) is 27.7 Å². The maximum atomic E-state index is 14.0. The van der Waals surface area contributed by atoms with Crippen molar-refractivity contribution in [2.45, 2.75) is 64.0 Å². The van der Waals surface area contributed by atoms with Crippen molar-refractivity contribution in [2.24, 2.45) is 14.1 Å². The highest BCUT2D eigenvalue weighted by molar-refractivity contribution is 6.07. The number of piperidine rings is 2. The van der Waals surface area contributed by atoms with Gasteiger partial charge in [-0.3, -0.25) is 39.3 Å². The quantitative estimate of drug-likeness (QED) is 0.144. The minimum atomic E-state index is -0.436. The molecule has 4 amide bonds. The van der Waals surface area contributed by atoms with Crippen LogP contribution in [0.2, 0.25) is 0 Å². The van der Waals surface area contributed by atoms with E-state index in [0.717, 1.165) is 107 Å². The number of nitrogens with zero attached hydrogens (tertiary/aromatic N) is 12.